The van der Waals surface area contributed by atoms with E-state index in [0.29, 0.717) is 5.39 Å². The van der Waals surface area contributed by atoms with Crippen LogP contribution in [0.5, 0.6) is 0 Å². The number of aromatic nitrogens is 2. The largest absolute Gasteiger partial charge is 0.294 e. The molecule has 0 aliphatic carbocycles. The van der Waals surface area contributed by atoms with Crippen LogP contribution < -0.4 is 0 Å². The minimum atomic E-state index is -4.11. The predicted octanol–water partition coefficient (Wildman–Crippen LogP) is 0.810. The lowest BCUT2D eigenvalue weighted by atomic mass is 10.3. The molecular formula is C7H6N2O3S. The van der Waals surface area contributed by atoms with E-state index in [9.17, 15) is 8.42 Å². The summed E-state index contributed by atoms with van der Waals surface area (Å²) < 4.78 is 30.2. The number of nitrogens with one attached hydrogen (secondary N) is 1. The van der Waals surface area contributed by atoms with Gasteiger partial charge in [-0.3, -0.25) is 9.65 Å². The number of nitrogens with zero attached hydrogens (tertiary/aromatic N) is 1. The highest BCUT2D eigenvalue weighted by Gasteiger charge is 2.09. The van der Waals surface area contributed by atoms with Crippen LogP contribution in [0.25, 0.3) is 10.9 Å². The van der Waals surface area contributed by atoms with E-state index in [4.69, 9.17) is 4.55 Å². The lowest BCUT2D eigenvalue weighted by Gasteiger charge is -1.95. The summed E-state index contributed by atoms with van der Waals surface area (Å²) in [5.74, 6) is 0. The molecule has 0 bridgehead atoms. The Labute approximate surface area is 74.1 Å². The van der Waals surface area contributed by atoms with E-state index in [2.05, 4.69) is 10.2 Å². The third kappa shape index (κ3) is 1.41. The fourth-order valence-electron chi connectivity index (χ4n) is 1.08. The van der Waals surface area contributed by atoms with Crippen LogP contribution in [0.3, 0.4) is 0 Å². The minimum absolute atomic E-state index is 0.124. The van der Waals surface area contributed by atoms with Gasteiger partial charge in [-0.05, 0) is 18.2 Å². The van der Waals surface area contributed by atoms with Gasteiger partial charge in [0.2, 0.25) is 0 Å². The predicted molar refractivity (Wildman–Crippen MR) is 45.9 cm³/mol. The first kappa shape index (κ1) is 8.21. The monoisotopic (exact) mass is 198 g/mol. The van der Waals surface area contributed by atoms with Crippen molar-refractivity contribution >= 4 is 21.0 Å². The minimum Gasteiger partial charge on any atom is -0.282 e. The topological polar surface area (TPSA) is 83.0 Å². The van der Waals surface area contributed by atoms with Gasteiger partial charge in [-0.1, -0.05) is 0 Å². The zero-order chi connectivity index (χ0) is 9.47. The van der Waals surface area contributed by atoms with Crippen molar-refractivity contribution in [1.29, 1.82) is 0 Å². The molecule has 1 heterocycles. The standard InChI is InChI=1S/C7H6N2O3S/c10-13(11,12)6-1-2-7-5(3-6)4-8-9-7/h1-4H,(H,8,9)(H,10,11,12). The highest BCUT2D eigenvalue weighted by Crippen LogP contribution is 2.16. The Kier molecular flexibility index (Phi) is 1.61. The van der Waals surface area contributed by atoms with Crippen LogP contribution in [0.15, 0.2) is 29.3 Å². The van der Waals surface area contributed by atoms with Crippen molar-refractivity contribution in [2.24, 2.45) is 0 Å². The van der Waals surface area contributed by atoms with Crippen LogP contribution in [-0.4, -0.2) is 23.2 Å². The highest BCUT2D eigenvalue weighted by atomic mass is 32.2. The number of hydrogen-bond donors (Lipinski definition) is 2. The van der Waals surface area contributed by atoms with Crippen molar-refractivity contribution in [2.45, 2.75) is 4.90 Å². The van der Waals surface area contributed by atoms with E-state index in [1.54, 1.807) is 6.07 Å². The van der Waals surface area contributed by atoms with Crippen LogP contribution in [0.1, 0.15) is 0 Å². The third-order valence-corrected chi connectivity index (χ3v) is 2.56. The average Bonchev–Trinajstić information content (AvgIpc) is 2.47. The second-order valence-electron chi connectivity index (χ2n) is 2.59. The van der Waals surface area contributed by atoms with Crippen LogP contribution >= 0.6 is 0 Å². The summed E-state index contributed by atoms with van der Waals surface area (Å²) >= 11 is 0. The van der Waals surface area contributed by atoms with Crippen LogP contribution in [-0.2, 0) is 10.1 Å². The van der Waals surface area contributed by atoms with Crippen molar-refractivity contribution in [1.82, 2.24) is 10.2 Å². The fourth-order valence-corrected chi connectivity index (χ4v) is 1.60. The molecule has 1 aromatic carbocycles. The molecule has 5 nitrogen and oxygen atoms in total. The molecule has 13 heavy (non-hydrogen) atoms. The SMILES string of the molecule is O=S(=O)(O)c1ccc2[nH]ncc2c1. The van der Waals surface area contributed by atoms with E-state index >= 15 is 0 Å². The number of aromatic amines is 1. The Morgan fingerprint density at radius 2 is 2.15 bits per heavy atom. The summed E-state index contributed by atoms with van der Waals surface area (Å²) in [6, 6.07) is 4.22. The van der Waals surface area contributed by atoms with Gasteiger partial charge in [-0.15, -0.1) is 0 Å². The lowest BCUT2D eigenvalue weighted by Crippen LogP contribution is -1.96. The number of fused-ring (bicyclic) bond motifs is 1. The molecule has 0 atom stereocenters. The first-order chi connectivity index (χ1) is 6.07. The van der Waals surface area contributed by atoms with Gasteiger partial charge in [0.25, 0.3) is 10.1 Å². The number of benzene rings is 1. The summed E-state index contributed by atoms with van der Waals surface area (Å²) in [6.45, 7) is 0. The normalized spacial score (nSPS) is 12.1. The Bertz CT molecular complexity index is 544. The zero-order valence-corrected chi connectivity index (χ0v) is 7.25. The summed E-state index contributed by atoms with van der Waals surface area (Å²) in [6.07, 6.45) is 1.49. The maximum Gasteiger partial charge on any atom is 0.294 e. The zero-order valence-electron chi connectivity index (χ0n) is 6.43. The Morgan fingerprint density at radius 3 is 2.85 bits per heavy atom. The van der Waals surface area contributed by atoms with Crippen LogP contribution in [0.4, 0.5) is 0 Å². The number of hydrogen-bond acceptors (Lipinski definition) is 3. The quantitative estimate of drug-likeness (QED) is 0.664. The molecule has 0 amide bonds. The van der Waals surface area contributed by atoms with Crippen molar-refractivity contribution < 1.29 is 13.0 Å². The fraction of sp³-hybridized carbons (Fsp3) is 0. The van der Waals surface area contributed by atoms with Crippen molar-refractivity contribution in [3.8, 4) is 0 Å². The molecule has 2 aromatic rings. The molecule has 0 aliphatic heterocycles. The van der Waals surface area contributed by atoms with Crippen molar-refractivity contribution in [3.05, 3.63) is 24.4 Å². The number of H-pyrrole nitrogens is 1. The van der Waals surface area contributed by atoms with E-state index in [1.807, 2.05) is 0 Å². The molecule has 0 saturated carbocycles. The summed E-state index contributed by atoms with van der Waals surface area (Å²) in [5, 5.41) is 7.04. The Balaban J connectivity index is 2.75. The molecule has 0 fully saturated rings. The molecule has 0 spiro atoms. The van der Waals surface area contributed by atoms with Crippen molar-refractivity contribution in [3.63, 3.8) is 0 Å². The van der Waals surface area contributed by atoms with Gasteiger partial charge in [0, 0.05) is 5.39 Å². The van der Waals surface area contributed by atoms with Gasteiger partial charge < -0.3 is 0 Å². The molecule has 0 saturated heterocycles. The molecule has 2 N–H and O–H groups in total. The molecule has 0 aliphatic rings. The maximum atomic E-state index is 10.7. The van der Waals surface area contributed by atoms with Gasteiger partial charge in [-0.2, -0.15) is 13.5 Å². The average molecular weight is 198 g/mol. The molecule has 1 aromatic heterocycles. The summed E-state index contributed by atoms with van der Waals surface area (Å²) in [4.78, 5) is -0.124. The van der Waals surface area contributed by atoms with Gasteiger partial charge in [0.1, 0.15) is 0 Å². The molecule has 68 valence electrons. The summed E-state index contributed by atoms with van der Waals surface area (Å²) in [5.41, 5.74) is 0.729. The molecular weight excluding hydrogens is 192 g/mol. The highest BCUT2D eigenvalue weighted by molar-refractivity contribution is 7.85. The third-order valence-electron chi connectivity index (χ3n) is 1.71. The van der Waals surface area contributed by atoms with Crippen LogP contribution in [0.2, 0.25) is 0 Å². The smallest absolute Gasteiger partial charge is 0.282 e. The van der Waals surface area contributed by atoms with E-state index < -0.39 is 10.1 Å². The first-order valence-corrected chi connectivity index (χ1v) is 4.92. The van der Waals surface area contributed by atoms with Crippen LogP contribution in [0, 0.1) is 0 Å². The maximum absolute atomic E-state index is 10.7. The summed E-state index contributed by atoms with van der Waals surface area (Å²) in [7, 11) is -4.11. The second-order valence-corrected chi connectivity index (χ2v) is 4.02. The Hall–Kier alpha value is -1.40. The van der Waals surface area contributed by atoms with E-state index in [0.717, 1.165) is 5.52 Å². The Morgan fingerprint density at radius 1 is 1.38 bits per heavy atom. The number of rotatable bonds is 1. The molecule has 0 unspecified atom stereocenters. The van der Waals surface area contributed by atoms with E-state index in [-0.39, 0.29) is 4.90 Å². The second kappa shape index (κ2) is 2.54. The van der Waals surface area contributed by atoms with Gasteiger partial charge in [0.05, 0.1) is 16.6 Å². The lowest BCUT2D eigenvalue weighted by molar-refractivity contribution is 0.483. The first-order valence-electron chi connectivity index (χ1n) is 3.48. The van der Waals surface area contributed by atoms with E-state index in [1.165, 1.54) is 18.3 Å². The van der Waals surface area contributed by atoms with Gasteiger partial charge >= 0.3 is 0 Å². The molecule has 2 rings (SSSR count). The van der Waals surface area contributed by atoms with Gasteiger partial charge in [0.15, 0.2) is 0 Å². The van der Waals surface area contributed by atoms with Gasteiger partial charge in [-0.25, -0.2) is 0 Å². The van der Waals surface area contributed by atoms with Crippen molar-refractivity contribution in [2.75, 3.05) is 0 Å². The molecule has 6 heteroatoms. The molecule has 0 radical (unpaired) electrons.